The minimum atomic E-state index is -0.202. The van der Waals surface area contributed by atoms with Gasteiger partial charge in [0.1, 0.15) is 5.75 Å². The van der Waals surface area contributed by atoms with Crippen LogP contribution in [0.1, 0.15) is 34.8 Å². The van der Waals surface area contributed by atoms with Crippen molar-refractivity contribution in [1.82, 2.24) is 4.57 Å². The molecule has 1 heterocycles. The SMILES string of the molecule is CCCn1c(=NC(=O)c2ccc(C)c(C)c2)sc2cc(OC)ccc21. The van der Waals surface area contributed by atoms with Gasteiger partial charge in [0.2, 0.25) is 0 Å². The van der Waals surface area contributed by atoms with Gasteiger partial charge in [0.15, 0.2) is 4.80 Å². The Morgan fingerprint density at radius 3 is 2.64 bits per heavy atom. The van der Waals surface area contributed by atoms with Gasteiger partial charge in [-0.3, -0.25) is 4.79 Å². The van der Waals surface area contributed by atoms with Crippen LogP contribution in [0.25, 0.3) is 10.2 Å². The summed E-state index contributed by atoms with van der Waals surface area (Å²) < 4.78 is 8.48. The van der Waals surface area contributed by atoms with Crippen molar-refractivity contribution in [2.45, 2.75) is 33.7 Å². The molecule has 5 heteroatoms. The first kappa shape index (κ1) is 17.4. The smallest absolute Gasteiger partial charge is 0.279 e. The maximum Gasteiger partial charge on any atom is 0.279 e. The number of aromatic nitrogens is 1. The fourth-order valence-corrected chi connectivity index (χ4v) is 3.81. The molecule has 130 valence electrons. The molecule has 0 aliphatic heterocycles. The number of thiazole rings is 1. The topological polar surface area (TPSA) is 43.6 Å². The number of aryl methyl sites for hydroxylation is 3. The molecular formula is C20H22N2O2S. The number of hydrogen-bond acceptors (Lipinski definition) is 3. The summed E-state index contributed by atoms with van der Waals surface area (Å²) in [5.41, 5.74) is 3.98. The molecule has 0 saturated carbocycles. The van der Waals surface area contributed by atoms with Gasteiger partial charge in [-0.1, -0.05) is 24.3 Å². The molecule has 2 aromatic carbocycles. The summed E-state index contributed by atoms with van der Waals surface area (Å²) in [5, 5.41) is 0. The summed E-state index contributed by atoms with van der Waals surface area (Å²) in [6.45, 7) is 6.99. The lowest BCUT2D eigenvalue weighted by molar-refractivity contribution is 0.0997. The van der Waals surface area contributed by atoms with Crippen LogP contribution in [0.2, 0.25) is 0 Å². The maximum absolute atomic E-state index is 12.6. The molecule has 1 aromatic heterocycles. The molecule has 0 radical (unpaired) electrons. The van der Waals surface area contributed by atoms with Crippen LogP contribution in [0.3, 0.4) is 0 Å². The standard InChI is InChI=1S/C20H22N2O2S/c1-5-10-22-17-9-8-16(24-4)12-18(17)25-20(22)21-19(23)15-7-6-13(2)14(3)11-15/h6-9,11-12H,5,10H2,1-4H3. The van der Waals surface area contributed by atoms with Crippen LogP contribution in [0, 0.1) is 13.8 Å². The number of methoxy groups -OCH3 is 1. The molecule has 3 aromatic rings. The average molecular weight is 354 g/mol. The quantitative estimate of drug-likeness (QED) is 0.693. The molecule has 0 fully saturated rings. The molecular weight excluding hydrogens is 332 g/mol. The summed E-state index contributed by atoms with van der Waals surface area (Å²) in [5.74, 6) is 0.607. The molecule has 0 aliphatic rings. The molecule has 25 heavy (non-hydrogen) atoms. The highest BCUT2D eigenvalue weighted by Crippen LogP contribution is 2.23. The Morgan fingerprint density at radius 2 is 1.96 bits per heavy atom. The highest BCUT2D eigenvalue weighted by atomic mass is 32.1. The van der Waals surface area contributed by atoms with Crippen LogP contribution in [0.4, 0.5) is 0 Å². The third-order valence-corrected chi connectivity index (χ3v) is 5.33. The number of amides is 1. The van der Waals surface area contributed by atoms with E-state index in [1.807, 2.05) is 50.2 Å². The number of nitrogens with zero attached hydrogens (tertiary/aromatic N) is 2. The number of carbonyl (C=O) groups is 1. The summed E-state index contributed by atoms with van der Waals surface area (Å²) >= 11 is 1.52. The molecule has 0 atom stereocenters. The van der Waals surface area contributed by atoms with Gasteiger partial charge in [0.25, 0.3) is 5.91 Å². The maximum atomic E-state index is 12.6. The lowest BCUT2D eigenvalue weighted by Crippen LogP contribution is -2.16. The van der Waals surface area contributed by atoms with Crippen LogP contribution in [-0.4, -0.2) is 17.6 Å². The van der Waals surface area contributed by atoms with Crippen molar-refractivity contribution in [3.05, 3.63) is 57.9 Å². The van der Waals surface area contributed by atoms with Crippen molar-refractivity contribution >= 4 is 27.5 Å². The number of rotatable bonds is 4. The second-order valence-corrected chi connectivity index (χ2v) is 7.10. The molecule has 0 saturated heterocycles. The van der Waals surface area contributed by atoms with E-state index in [1.165, 1.54) is 16.9 Å². The van der Waals surface area contributed by atoms with E-state index in [1.54, 1.807) is 7.11 Å². The summed E-state index contributed by atoms with van der Waals surface area (Å²) in [6, 6.07) is 11.7. The van der Waals surface area contributed by atoms with Gasteiger partial charge in [0.05, 0.1) is 17.3 Å². The first-order valence-electron chi connectivity index (χ1n) is 8.37. The average Bonchev–Trinajstić information content (AvgIpc) is 2.94. The third-order valence-electron chi connectivity index (χ3n) is 4.29. The van der Waals surface area contributed by atoms with Crippen LogP contribution in [0.15, 0.2) is 41.4 Å². The van der Waals surface area contributed by atoms with Crippen molar-refractivity contribution in [3.8, 4) is 5.75 Å². The Bertz CT molecular complexity index is 999. The first-order valence-corrected chi connectivity index (χ1v) is 9.19. The molecule has 0 spiro atoms. The Morgan fingerprint density at radius 1 is 1.16 bits per heavy atom. The fraction of sp³-hybridized carbons (Fsp3) is 0.300. The molecule has 0 N–H and O–H groups in total. The van der Waals surface area contributed by atoms with E-state index in [-0.39, 0.29) is 5.91 Å². The van der Waals surface area contributed by atoms with Gasteiger partial charge in [-0.05, 0) is 61.7 Å². The van der Waals surface area contributed by atoms with E-state index in [2.05, 4.69) is 16.5 Å². The summed E-state index contributed by atoms with van der Waals surface area (Å²) in [6.07, 6.45) is 0.975. The van der Waals surface area contributed by atoms with E-state index < -0.39 is 0 Å². The molecule has 4 nitrogen and oxygen atoms in total. The number of carbonyl (C=O) groups excluding carboxylic acids is 1. The van der Waals surface area contributed by atoms with Crippen molar-refractivity contribution < 1.29 is 9.53 Å². The van der Waals surface area contributed by atoms with E-state index in [9.17, 15) is 4.79 Å². The van der Waals surface area contributed by atoms with Crippen LogP contribution < -0.4 is 9.54 Å². The van der Waals surface area contributed by atoms with Gasteiger partial charge in [-0.2, -0.15) is 4.99 Å². The molecule has 0 aliphatic carbocycles. The highest BCUT2D eigenvalue weighted by Gasteiger charge is 2.10. The monoisotopic (exact) mass is 354 g/mol. The number of benzene rings is 2. The summed E-state index contributed by atoms with van der Waals surface area (Å²) in [7, 11) is 1.66. The lowest BCUT2D eigenvalue weighted by Gasteiger charge is -2.04. The zero-order valence-electron chi connectivity index (χ0n) is 15.0. The number of ether oxygens (including phenoxy) is 1. The Labute approximate surface area is 151 Å². The van der Waals surface area contributed by atoms with E-state index in [0.29, 0.717) is 5.56 Å². The predicted molar refractivity (Wildman–Crippen MR) is 102 cm³/mol. The van der Waals surface area contributed by atoms with E-state index in [0.717, 1.165) is 39.3 Å². The van der Waals surface area contributed by atoms with Gasteiger partial charge < -0.3 is 9.30 Å². The van der Waals surface area contributed by atoms with Crippen molar-refractivity contribution in [2.24, 2.45) is 4.99 Å². The van der Waals surface area contributed by atoms with Crippen molar-refractivity contribution in [3.63, 3.8) is 0 Å². The Hall–Kier alpha value is -2.40. The zero-order chi connectivity index (χ0) is 18.0. The molecule has 1 amide bonds. The summed E-state index contributed by atoms with van der Waals surface area (Å²) in [4.78, 5) is 17.8. The van der Waals surface area contributed by atoms with Gasteiger partial charge in [-0.15, -0.1) is 0 Å². The van der Waals surface area contributed by atoms with E-state index in [4.69, 9.17) is 4.74 Å². The lowest BCUT2D eigenvalue weighted by atomic mass is 10.1. The van der Waals surface area contributed by atoms with Crippen LogP contribution in [0.5, 0.6) is 5.75 Å². The van der Waals surface area contributed by atoms with E-state index >= 15 is 0 Å². The van der Waals surface area contributed by atoms with Crippen molar-refractivity contribution in [1.29, 1.82) is 0 Å². The second-order valence-electron chi connectivity index (χ2n) is 6.09. The second kappa shape index (κ2) is 7.23. The number of fused-ring (bicyclic) bond motifs is 1. The largest absolute Gasteiger partial charge is 0.497 e. The zero-order valence-corrected chi connectivity index (χ0v) is 15.8. The predicted octanol–water partition coefficient (Wildman–Crippen LogP) is 4.48. The molecule has 0 unspecified atom stereocenters. The first-order chi connectivity index (χ1) is 12.0. The van der Waals surface area contributed by atoms with Gasteiger partial charge in [0, 0.05) is 12.1 Å². The fourth-order valence-electron chi connectivity index (χ4n) is 2.73. The normalized spacial score (nSPS) is 11.9. The van der Waals surface area contributed by atoms with Crippen LogP contribution >= 0.6 is 11.3 Å². The van der Waals surface area contributed by atoms with Crippen LogP contribution in [-0.2, 0) is 6.54 Å². The third kappa shape index (κ3) is 3.51. The Kier molecular flexibility index (Phi) is 5.04. The minimum Gasteiger partial charge on any atom is -0.497 e. The Balaban J connectivity index is 2.12. The highest BCUT2D eigenvalue weighted by molar-refractivity contribution is 7.16. The van der Waals surface area contributed by atoms with Gasteiger partial charge in [-0.25, -0.2) is 0 Å². The molecule has 0 bridgehead atoms. The van der Waals surface area contributed by atoms with Crippen molar-refractivity contribution in [2.75, 3.05) is 7.11 Å². The van der Waals surface area contributed by atoms with Gasteiger partial charge >= 0.3 is 0 Å². The minimum absolute atomic E-state index is 0.202. The number of hydrogen-bond donors (Lipinski definition) is 0. The molecule has 3 rings (SSSR count).